The summed E-state index contributed by atoms with van der Waals surface area (Å²) in [6.07, 6.45) is -28.3. The van der Waals surface area contributed by atoms with E-state index in [1.54, 1.807) is 7.11 Å². The summed E-state index contributed by atoms with van der Waals surface area (Å²) in [5.41, 5.74) is 0. The van der Waals surface area contributed by atoms with Gasteiger partial charge in [-0.25, -0.2) is 12.5 Å². The van der Waals surface area contributed by atoms with Gasteiger partial charge in [0, 0.05) is 64.2 Å². The number of rotatable bonds is 26. The van der Waals surface area contributed by atoms with Crippen LogP contribution in [0.4, 0.5) is 0 Å². The van der Waals surface area contributed by atoms with E-state index in [2.05, 4.69) is 13.8 Å². The predicted octanol–water partition coefficient (Wildman–Crippen LogP) is -0.400. The largest absolute Gasteiger partial charge is 0.397 e. The molecular formula is C42H76O29S3. The zero-order valence-electron chi connectivity index (χ0n) is 44.3. The molecule has 0 aromatic carbocycles. The van der Waals surface area contributed by atoms with Crippen LogP contribution in [0.25, 0.3) is 0 Å². The molecule has 0 spiro atoms. The maximum absolute atomic E-state index is 12.8. The molecule has 0 aliphatic carbocycles. The van der Waals surface area contributed by atoms with Crippen LogP contribution in [0, 0.1) is 23.7 Å². The molecule has 0 radical (unpaired) electrons. The van der Waals surface area contributed by atoms with Crippen LogP contribution in [0.15, 0.2) is 0 Å². The van der Waals surface area contributed by atoms with Gasteiger partial charge in [0.2, 0.25) is 0 Å². The second-order valence-electron chi connectivity index (χ2n) is 18.6. The summed E-state index contributed by atoms with van der Waals surface area (Å²) in [5, 5.41) is 0. The minimum absolute atomic E-state index is 0.0596. The number of hydrogen-bond acceptors (Lipinski definition) is 26. The molecule has 10 unspecified atom stereocenters. The molecule has 5 aliphatic rings. The summed E-state index contributed by atoms with van der Waals surface area (Å²) in [5.74, 6) is -0.580. The topological polar surface area (TPSA) is 348 Å². The lowest BCUT2D eigenvalue weighted by molar-refractivity contribution is -0.386. The first-order valence-electron chi connectivity index (χ1n) is 24.2. The Labute approximate surface area is 434 Å². The van der Waals surface area contributed by atoms with E-state index in [-0.39, 0.29) is 44.0 Å². The van der Waals surface area contributed by atoms with E-state index in [1.165, 1.54) is 35.5 Å². The lowest BCUT2D eigenvalue weighted by Gasteiger charge is -2.51. The Morgan fingerprint density at radius 1 is 0.419 bits per heavy atom. The van der Waals surface area contributed by atoms with Crippen molar-refractivity contribution in [3.63, 3.8) is 0 Å². The molecule has 24 atom stereocenters. The van der Waals surface area contributed by atoms with E-state index in [9.17, 15) is 38.9 Å². The number of ether oxygens (including phenoxy) is 17. The van der Waals surface area contributed by atoms with Crippen LogP contribution in [-0.4, -0.2) is 252 Å². The van der Waals surface area contributed by atoms with Gasteiger partial charge in [-0.2, -0.15) is 25.3 Å². The molecule has 5 fully saturated rings. The number of hydrogen-bond donors (Lipinski definition) is 3. The quantitative estimate of drug-likeness (QED) is 0.0928. The zero-order valence-corrected chi connectivity index (χ0v) is 45.7. The highest BCUT2D eigenvalue weighted by Gasteiger charge is 2.59. The highest BCUT2D eigenvalue weighted by Crippen LogP contribution is 2.42. The highest BCUT2D eigenvalue weighted by atomic mass is 32.3. The first kappa shape index (κ1) is 62.1. The van der Waals surface area contributed by atoms with E-state index in [4.69, 9.17) is 94.4 Å². The fourth-order valence-electron chi connectivity index (χ4n) is 9.92. The number of methoxy groups -OCH3 is 8. The van der Waals surface area contributed by atoms with Crippen molar-refractivity contribution in [2.24, 2.45) is 23.7 Å². The van der Waals surface area contributed by atoms with Crippen LogP contribution in [0.3, 0.4) is 0 Å². The molecule has 74 heavy (non-hydrogen) atoms. The third kappa shape index (κ3) is 16.1. The van der Waals surface area contributed by atoms with Crippen molar-refractivity contribution in [2.45, 2.75) is 157 Å². The van der Waals surface area contributed by atoms with Crippen molar-refractivity contribution in [1.82, 2.24) is 0 Å². The Balaban J connectivity index is 1.48. The van der Waals surface area contributed by atoms with Crippen LogP contribution in [-0.2, 0) is 124 Å². The van der Waals surface area contributed by atoms with Crippen LogP contribution in [0.1, 0.15) is 36.0 Å². The van der Waals surface area contributed by atoms with E-state index in [0.717, 1.165) is 14.2 Å². The average molecular weight is 1140 g/mol. The Kier molecular flexibility index (Phi) is 23.4. The van der Waals surface area contributed by atoms with Gasteiger partial charge in [0.1, 0.15) is 79.4 Å². The van der Waals surface area contributed by atoms with Crippen LogP contribution in [0.2, 0.25) is 0 Å². The van der Waals surface area contributed by atoms with E-state index < -0.39 is 167 Å². The summed E-state index contributed by atoms with van der Waals surface area (Å²) in [6.45, 7) is 7.17. The molecule has 5 aliphatic heterocycles. The highest BCUT2D eigenvalue weighted by molar-refractivity contribution is 7.81. The molecule has 0 saturated carbocycles. The van der Waals surface area contributed by atoms with Crippen molar-refractivity contribution >= 4 is 31.2 Å². The minimum Gasteiger partial charge on any atom is -0.382 e. The van der Waals surface area contributed by atoms with Gasteiger partial charge < -0.3 is 80.5 Å². The van der Waals surface area contributed by atoms with E-state index in [1.807, 2.05) is 13.8 Å². The molecule has 436 valence electrons. The van der Waals surface area contributed by atoms with E-state index in [0.29, 0.717) is 6.61 Å². The van der Waals surface area contributed by atoms with Gasteiger partial charge in [0.25, 0.3) is 0 Å². The Morgan fingerprint density at radius 2 is 0.770 bits per heavy atom. The normalized spacial score (nSPS) is 43.0. The standard InChI is InChI=1S/C42H76O29S3/c1-19-14-60-24(15-52-6)29(20(19)2)66-39-22(4)21(3)28(23(5)61-39)65-40-37(58-12)34(70-73(46,47)48)31(26(63-40)17-54-8)68-42-38(59-13)35(71-74(49,50)51)32(27(64-42)18-55-9)67-41-36(57-11)33(69-72(43,44)45)30(56-10)25(62-41)16-53-7/h19-42H,14-18H2,1-13H3,(H,43,44,45)(H,46,47,48)(H,49,50,51)/t19?,20?,21?,22?,23-,24-,25?,26?,27?,28-,29-,30+,31+,32+,33-,34-,35-,36?,37?,38?,39+,40-,41-,42-/m0/s1/i5T. The Hall–Kier alpha value is -1.07. The third-order valence-electron chi connectivity index (χ3n) is 13.9. The molecular weight excluding hydrogens is 1060 g/mol. The van der Waals surface area contributed by atoms with Crippen LogP contribution < -0.4 is 0 Å². The first-order chi connectivity index (χ1) is 35.3. The minimum atomic E-state index is -5.47. The van der Waals surface area contributed by atoms with Gasteiger partial charge in [-0.15, -0.1) is 0 Å². The van der Waals surface area contributed by atoms with Gasteiger partial charge in [0.05, 0.1) is 51.3 Å². The van der Waals surface area contributed by atoms with Gasteiger partial charge in [-0.05, 0) is 24.7 Å². The predicted molar refractivity (Wildman–Crippen MR) is 246 cm³/mol. The Bertz CT molecular complexity index is 2060. The smallest absolute Gasteiger partial charge is 0.382 e. The molecule has 0 aromatic rings. The maximum atomic E-state index is 12.8. The molecule has 29 nitrogen and oxygen atoms in total. The van der Waals surface area contributed by atoms with Gasteiger partial charge in [0.15, 0.2) is 25.2 Å². The lowest BCUT2D eigenvalue weighted by atomic mass is 9.83. The lowest BCUT2D eigenvalue weighted by Crippen LogP contribution is -2.68. The molecule has 5 heterocycles. The summed E-state index contributed by atoms with van der Waals surface area (Å²) in [6, 6.07) is 0. The molecule has 0 amide bonds. The summed E-state index contributed by atoms with van der Waals surface area (Å²) < 4.78 is 231. The zero-order chi connectivity index (χ0) is 55.7. The van der Waals surface area contributed by atoms with Crippen molar-refractivity contribution in [2.75, 3.05) is 89.9 Å². The van der Waals surface area contributed by atoms with Crippen molar-refractivity contribution in [1.29, 1.82) is 0 Å². The molecule has 5 rings (SSSR count). The fourth-order valence-corrected chi connectivity index (χ4v) is 11.4. The van der Waals surface area contributed by atoms with Crippen LogP contribution >= 0.6 is 0 Å². The summed E-state index contributed by atoms with van der Waals surface area (Å²) >= 11 is 0. The molecule has 0 aromatic heterocycles. The van der Waals surface area contributed by atoms with Gasteiger partial charge in [-0.3, -0.25) is 13.7 Å². The summed E-state index contributed by atoms with van der Waals surface area (Å²) in [7, 11) is -6.19. The summed E-state index contributed by atoms with van der Waals surface area (Å²) in [4.78, 5) is 0. The first-order valence-corrected chi connectivity index (χ1v) is 27.6. The second-order valence-corrected chi connectivity index (χ2v) is 21.7. The monoisotopic (exact) mass is 1140 g/mol. The SMILES string of the molecule is [3H]C[C@@H]1O[C@H](O[C@H]2C(C)C(C)CO[C@H]2COC)C(C)C(C)[C@@H]1O[C@@H]1OC(COC)[C@@H](O[C@@H]2OC(COC)[C@@H](O[C@@H]3OC(COC)[C@@H](OC)[C@H](OS(=O)(=O)O)C3OC)[C@H](OS(=O)(=O)O)C2OC)[C@H](OS(=O)(=O)O)C1OC. The second kappa shape index (κ2) is 27.9. The molecule has 0 bridgehead atoms. The van der Waals surface area contributed by atoms with Crippen molar-refractivity contribution < 1.29 is 133 Å². The molecule has 5 saturated heterocycles. The third-order valence-corrected chi connectivity index (χ3v) is 15.3. The average Bonchev–Trinajstić information content (AvgIpc) is 3.32. The molecule has 3 N–H and O–H groups in total. The maximum Gasteiger partial charge on any atom is 0.397 e. The molecule has 32 heteroatoms. The van der Waals surface area contributed by atoms with E-state index >= 15 is 0 Å². The Morgan fingerprint density at radius 3 is 1.14 bits per heavy atom. The van der Waals surface area contributed by atoms with Crippen LogP contribution in [0.5, 0.6) is 0 Å². The van der Waals surface area contributed by atoms with Gasteiger partial charge in [-0.1, -0.05) is 27.7 Å². The van der Waals surface area contributed by atoms with Crippen molar-refractivity contribution in [3.05, 3.63) is 0 Å². The van der Waals surface area contributed by atoms with Gasteiger partial charge >= 0.3 is 31.2 Å². The fraction of sp³-hybridized carbons (Fsp3) is 1.00. The van der Waals surface area contributed by atoms with Crippen molar-refractivity contribution in [3.8, 4) is 0 Å².